The number of fused-ring (bicyclic) bond motifs is 1. The molecule has 2 aliphatic heterocycles. The average molecular weight is 605 g/mol. The Bertz CT molecular complexity index is 1410. The van der Waals surface area contributed by atoms with E-state index < -0.39 is 32.7 Å². The molecule has 2 saturated heterocycles. The molecule has 2 aromatic carbocycles. The molecule has 0 aromatic heterocycles. The molecule has 2 atom stereocenters. The van der Waals surface area contributed by atoms with E-state index in [0.717, 1.165) is 78.1 Å². The first-order valence-electron chi connectivity index (χ1n) is 14.7. The maximum atomic E-state index is 13.4. The maximum absolute atomic E-state index is 13.4. The zero-order chi connectivity index (χ0) is 29.9. The van der Waals surface area contributed by atoms with Crippen molar-refractivity contribution >= 4 is 21.5 Å². The third-order valence-corrected chi connectivity index (χ3v) is 10.5. The molecule has 0 unspecified atom stereocenters. The van der Waals surface area contributed by atoms with Crippen LogP contribution in [0.15, 0.2) is 53.9 Å². The van der Waals surface area contributed by atoms with Crippen molar-refractivity contribution < 1.29 is 26.4 Å². The number of nitrogens with zero attached hydrogens (tertiary/aromatic N) is 2. The number of hydrogen-bond donors (Lipinski definition) is 2. The van der Waals surface area contributed by atoms with E-state index in [2.05, 4.69) is 40.3 Å². The largest absolute Gasteiger partial charge is 0.416 e. The fourth-order valence-corrected chi connectivity index (χ4v) is 8.00. The smallest absolute Gasteiger partial charge is 0.349 e. The summed E-state index contributed by atoms with van der Waals surface area (Å²) in [6.07, 6.45) is 1.60. The summed E-state index contributed by atoms with van der Waals surface area (Å²) >= 11 is 0. The van der Waals surface area contributed by atoms with Crippen molar-refractivity contribution in [2.45, 2.75) is 68.1 Å². The van der Waals surface area contributed by atoms with Gasteiger partial charge in [-0.25, -0.2) is 8.42 Å². The summed E-state index contributed by atoms with van der Waals surface area (Å²) in [4.78, 5) is 15.3. The van der Waals surface area contributed by atoms with Gasteiger partial charge in [-0.3, -0.25) is 9.69 Å². The van der Waals surface area contributed by atoms with Gasteiger partial charge in [-0.05, 0) is 85.7 Å². The van der Waals surface area contributed by atoms with Gasteiger partial charge < -0.3 is 10.6 Å². The van der Waals surface area contributed by atoms with Crippen LogP contribution in [0.4, 0.5) is 13.2 Å². The second-order valence-electron chi connectivity index (χ2n) is 11.6. The monoisotopic (exact) mass is 604 g/mol. The van der Waals surface area contributed by atoms with Gasteiger partial charge in [0.25, 0.3) is 0 Å². The molecule has 0 radical (unpaired) electrons. The van der Waals surface area contributed by atoms with E-state index in [1.807, 2.05) is 0 Å². The van der Waals surface area contributed by atoms with Crippen LogP contribution < -0.4 is 10.6 Å². The van der Waals surface area contributed by atoms with Gasteiger partial charge in [0.15, 0.2) is 0 Å². The molecule has 0 bridgehead atoms. The van der Waals surface area contributed by atoms with E-state index in [9.17, 15) is 26.4 Å². The highest BCUT2D eigenvalue weighted by molar-refractivity contribution is 7.89. The molecule has 2 heterocycles. The van der Waals surface area contributed by atoms with Gasteiger partial charge >= 0.3 is 6.18 Å². The third-order valence-electron chi connectivity index (χ3n) is 8.55. The summed E-state index contributed by atoms with van der Waals surface area (Å²) in [6, 6.07) is 9.19. The highest BCUT2D eigenvalue weighted by Crippen LogP contribution is 2.34. The Balaban J connectivity index is 1.25. The quantitative estimate of drug-likeness (QED) is 0.455. The Hall–Kier alpha value is -2.73. The number of rotatable bonds is 8. The summed E-state index contributed by atoms with van der Waals surface area (Å²) in [5, 5.41) is 6.23. The Labute approximate surface area is 246 Å². The summed E-state index contributed by atoms with van der Waals surface area (Å²) < 4.78 is 67.8. The van der Waals surface area contributed by atoms with Crippen molar-refractivity contribution in [1.29, 1.82) is 0 Å². The molecule has 7 nitrogen and oxygen atoms in total. The van der Waals surface area contributed by atoms with Gasteiger partial charge in [0.1, 0.15) is 0 Å². The Kier molecular flexibility index (Phi) is 9.41. The number of benzene rings is 2. The van der Waals surface area contributed by atoms with E-state index in [1.165, 1.54) is 24.8 Å². The molecule has 1 aliphatic carbocycles. The molecular formula is C31H39F3N4O3S. The number of alkyl halides is 3. The van der Waals surface area contributed by atoms with Crippen LogP contribution in [0.1, 0.15) is 66.8 Å². The van der Waals surface area contributed by atoms with Crippen LogP contribution in [-0.4, -0.2) is 68.8 Å². The standard InChI is InChI=1S/C31H39F3N4O3S/c1-22(21-37-14-3-2-4-15-37)23-11-12-28-24(17-23)7-5-10-29(28)36-30(39)19-26-20-35-13-16-38(26)42(40,41)27-9-6-8-25(18-27)31(32,33)34/h6,8-9,11-12,17-18,26,29,35H,1-5,7,10,13-16,19-21H2,(H,36,39)/t26-,29-/m1/s1. The fourth-order valence-electron chi connectivity index (χ4n) is 6.33. The SMILES string of the molecule is C=C(CN1CCCCC1)c1ccc2c(c1)CCC[C@H]2NC(=O)C[C@@H]1CNCCN1S(=O)(=O)c1cccc(C(F)(F)F)c1. The molecule has 3 aliphatic rings. The number of likely N-dealkylation sites (tertiary alicyclic amines) is 1. The predicted molar refractivity (Wildman–Crippen MR) is 156 cm³/mol. The normalized spacial score (nSPS) is 22.4. The lowest BCUT2D eigenvalue weighted by Crippen LogP contribution is -2.55. The lowest BCUT2D eigenvalue weighted by Gasteiger charge is -2.35. The van der Waals surface area contributed by atoms with Crippen molar-refractivity contribution in [3.05, 3.63) is 71.3 Å². The van der Waals surface area contributed by atoms with Crippen LogP contribution in [0.2, 0.25) is 0 Å². The second-order valence-corrected chi connectivity index (χ2v) is 13.5. The first-order valence-corrected chi connectivity index (χ1v) is 16.2. The lowest BCUT2D eigenvalue weighted by atomic mass is 9.85. The van der Waals surface area contributed by atoms with Gasteiger partial charge in [0.05, 0.1) is 16.5 Å². The van der Waals surface area contributed by atoms with E-state index in [-0.39, 0.29) is 31.5 Å². The minimum Gasteiger partial charge on any atom is -0.349 e. The van der Waals surface area contributed by atoms with E-state index >= 15 is 0 Å². The molecule has 228 valence electrons. The summed E-state index contributed by atoms with van der Waals surface area (Å²) in [7, 11) is -4.24. The van der Waals surface area contributed by atoms with E-state index in [0.29, 0.717) is 12.6 Å². The van der Waals surface area contributed by atoms with Gasteiger partial charge in [-0.1, -0.05) is 37.3 Å². The number of carbonyl (C=O) groups excluding carboxylic acids is 1. The second kappa shape index (κ2) is 12.9. The number of sulfonamides is 1. The first-order chi connectivity index (χ1) is 20.0. The van der Waals surface area contributed by atoms with Gasteiger partial charge in [0, 0.05) is 38.6 Å². The van der Waals surface area contributed by atoms with Crippen molar-refractivity contribution in [1.82, 2.24) is 19.8 Å². The molecular weight excluding hydrogens is 565 g/mol. The number of piperidine rings is 1. The molecule has 0 saturated carbocycles. The number of piperazine rings is 1. The molecule has 42 heavy (non-hydrogen) atoms. The van der Waals surface area contributed by atoms with Crippen LogP contribution in [0.3, 0.4) is 0 Å². The van der Waals surface area contributed by atoms with E-state index in [4.69, 9.17) is 0 Å². The molecule has 2 fully saturated rings. The highest BCUT2D eigenvalue weighted by Gasteiger charge is 2.37. The molecule has 2 N–H and O–H groups in total. The maximum Gasteiger partial charge on any atom is 0.416 e. The lowest BCUT2D eigenvalue weighted by molar-refractivity contribution is -0.137. The number of nitrogens with one attached hydrogen (secondary N) is 2. The topological polar surface area (TPSA) is 81.8 Å². The fraction of sp³-hybridized carbons (Fsp3) is 0.516. The minimum absolute atomic E-state index is 0.0624. The first kappa shape index (κ1) is 30.7. The summed E-state index contributed by atoms with van der Waals surface area (Å²) in [5.41, 5.74) is 3.45. The average Bonchev–Trinajstić information content (AvgIpc) is 2.97. The summed E-state index contributed by atoms with van der Waals surface area (Å²) in [5.74, 6) is -0.288. The Morgan fingerprint density at radius 1 is 1.05 bits per heavy atom. The van der Waals surface area contributed by atoms with Crippen LogP contribution in [0, 0.1) is 0 Å². The number of halogens is 3. The number of amides is 1. The number of aryl methyl sites for hydroxylation is 1. The Morgan fingerprint density at radius 2 is 1.83 bits per heavy atom. The highest BCUT2D eigenvalue weighted by atomic mass is 32.2. The minimum atomic E-state index is -4.66. The third kappa shape index (κ3) is 7.07. The number of hydrogen-bond acceptors (Lipinski definition) is 5. The molecule has 11 heteroatoms. The van der Waals surface area contributed by atoms with Crippen molar-refractivity contribution in [3.63, 3.8) is 0 Å². The number of carbonyl (C=O) groups is 1. The van der Waals surface area contributed by atoms with Crippen LogP contribution in [0.5, 0.6) is 0 Å². The Morgan fingerprint density at radius 3 is 2.60 bits per heavy atom. The predicted octanol–water partition coefficient (Wildman–Crippen LogP) is 4.75. The van der Waals surface area contributed by atoms with Gasteiger partial charge in [-0.15, -0.1) is 0 Å². The van der Waals surface area contributed by atoms with Crippen molar-refractivity contribution in [2.75, 3.05) is 39.3 Å². The summed E-state index contributed by atoms with van der Waals surface area (Å²) in [6.45, 7) is 8.04. The van der Waals surface area contributed by atoms with Gasteiger partial charge in [-0.2, -0.15) is 17.5 Å². The molecule has 1 amide bonds. The van der Waals surface area contributed by atoms with Crippen molar-refractivity contribution in [3.8, 4) is 0 Å². The molecule has 5 rings (SSSR count). The van der Waals surface area contributed by atoms with Crippen LogP contribution >= 0.6 is 0 Å². The molecule has 2 aromatic rings. The molecule has 0 spiro atoms. The van der Waals surface area contributed by atoms with Crippen molar-refractivity contribution in [2.24, 2.45) is 0 Å². The zero-order valence-corrected chi connectivity index (χ0v) is 24.6. The zero-order valence-electron chi connectivity index (χ0n) is 23.8. The van der Waals surface area contributed by atoms with E-state index in [1.54, 1.807) is 0 Å². The van der Waals surface area contributed by atoms with Crippen LogP contribution in [0.25, 0.3) is 5.57 Å². The van der Waals surface area contributed by atoms with Gasteiger partial charge in [0.2, 0.25) is 15.9 Å². The van der Waals surface area contributed by atoms with Crippen LogP contribution in [-0.2, 0) is 27.4 Å².